The first-order valence-electron chi connectivity index (χ1n) is 5.45. The third kappa shape index (κ3) is 2.44. The first-order chi connectivity index (χ1) is 6.60. The largest absolute Gasteiger partial charge is 0.381 e. The molecule has 0 amide bonds. The molecule has 0 bridgehead atoms. The van der Waals surface area contributed by atoms with Crippen LogP contribution in [0.25, 0.3) is 0 Å². The van der Waals surface area contributed by atoms with E-state index in [1.54, 1.807) is 12.2 Å². The minimum atomic E-state index is -0.900. The van der Waals surface area contributed by atoms with Crippen LogP contribution in [-0.4, -0.2) is 17.0 Å². The molecule has 2 nitrogen and oxygen atoms in total. The van der Waals surface area contributed by atoms with Crippen LogP contribution >= 0.6 is 0 Å². The Morgan fingerprint density at radius 1 is 1.36 bits per heavy atom. The summed E-state index contributed by atoms with van der Waals surface area (Å²) < 4.78 is 0. The van der Waals surface area contributed by atoms with Crippen LogP contribution in [0.1, 0.15) is 46.0 Å². The highest BCUT2D eigenvalue weighted by Gasteiger charge is 2.36. The first-order valence-corrected chi connectivity index (χ1v) is 5.45. The molecule has 2 heteroatoms. The molecular weight excluding hydrogens is 176 g/mol. The van der Waals surface area contributed by atoms with Gasteiger partial charge >= 0.3 is 0 Å². The molecule has 1 aliphatic carbocycles. The van der Waals surface area contributed by atoms with Crippen LogP contribution in [0, 0.1) is 5.41 Å². The molecule has 14 heavy (non-hydrogen) atoms. The van der Waals surface area contributed by atoms with Crippen molar-refractivity contribution in [2.75, 3.05) is 0 Å². The van der Waals surface area contributed by atoms with Gasteiger partial charge in [0.2, 0.25) is 0 Å². The summed E-state index contributed by atoms with van der Waals surface area (Å²) in [5.41, 5.74) is -0.281. The van der Waals surface area contributed by atoms with Crippen molar-refractivity contribution in [3.8, 4) is 0 Å². The molecule has 1 unspecified atom stereocenters. The van der Waals surface area contributed by atoms with Crippen molar-refractivity contribution >= 4 is 5.78 Å². The van der Waals surface area contributed by atoms with Gasteiger partial charge in [-0.05, 0) is 19.8 Å². The Bertz CT molecular complexity index is 224. The van der Waals surface area contributed by atoms with Crippen LogP contribution in [0.5, 0.6) is 0 Å². The number of hydrogen-bond donors (Lipinski definition) is 1. The quantitative estimate of drug-likeness (QED) is 0.704. The Hall–Kier alpha value is -0.630. The summed E-state index contributed by atoms with van der Waals surface area (Å²) in [7, 11) is 0. The van der Waals surface area contributed by atoms with Crippen LogP contribution in [0.2, 0.25) is 0 Å². The van der Waals surface area contributed by atoms with Crippen molar-refractivity contribution in [1.82, 2.24) is 0 Å². The molecule has 0 aliphatic heterocycles. The van der Waals surface area contributed by atoms with Crippen LogP contribution < -0.4 is 0 Å². The fraction of sp³-hybridized carbons (Fsp3) is 0.750. The van der Waals surface area contributed by atoms with Gasteiger partial charge in [0.1, 0.15) is 6.10 Å². The lowest BCUT2D eigenvalue weighted by molar-refractivity contribution is -0.136. The van der Waals surface area contributed by atoms with E-state index in [4.69, 9.17) is 0 Å². The normalized spacial score (nSPS) is 23.6. The van der Waals surface area contributed by atoms with E-state index >= 15 is 0 Å². The highest BCUT2D eigenvalue weighted by Crippen LogP contribution is 2.37. The highest BCUT2D eigenvalue weighted by atomic mass is 16.3. The zero-order valence-electron chi connectivity index (χ0n) is 9.12. The van der Waals surface area contributed by atoms with E-state index in [0.29, 0.717) is 0 Å². The molecule has 80 valence electrons. The van der Waals surface area contributed by atoms with Gasteiger partial charge in [0, 0.05) is 5.41 Å². The summed E-state index contributed by atoms with van der Waals surface area (Å²) in [5, 5.41) is 9.60. The highest BCUT2D eigenvalue weighted by molar-refractivity contribution is 5.89. The maximum Gasteiger partial charge on any atom is 0.171 e. The van der Waals surface area contributed by atoms with E-state index in [-0.39, 0.29) is 11.2 Å². The molecule has 1 atom stereocenters. The van der Waals surface area contributed by atoms with E-state index in [9.17, 15) is 9.90 Å². The molecule has 1 saturated carbocycles. The number of aliphatic hydroxyl groups excluding tert-OH is 1. The predicted octanol–water partition coefficient (Wildman–Crippen LogP) is 2.46. The predicted molar refractivity (Wildman–Crippen MR) is 57.0 cm³/mol. The molecule has 0 aromatic carbocycles. The van der Waals surface area contributed by atoms with Gasteiger partial charge in [-0.25, -0.2) is 0 Å². The number of carbonyl (C=O) groups is 1. The second-order valence-corrected chi connectivity index (χ2v) is 4.46. The van der Waals surface area contributed by atoms with Crippen LogP contribution in [0.15, 0.2) is 12.2 Å². The summed E-state index contributed by atoms with van der Waals surface area (Å²) in [6.07, 6.45) is 7.72. The minimum absolute atomic E-state index is 0.00435. The van der Waals surface area contributed by atoms with E-state index in [1.165, 1.54) is 6.42 Å². The standard InChI is InChI=1S/C12H20O2/c1-3-7-10(13)11(14)12(2)8-5-4-6-9-12/h3,7,10,13H,4-6,8-9H2,1-2H3/b7-3+. The van der Waals surface area contributed by atoms with Gasteiger partial charge in [0.25, 0.3) is 0 Å². The average Bonchev–Trinajstić information content (AvgIpc) is 2.18. The van der Waals surface area contributed by atoms with Gasteiger partial charge in [0.05, 0.1) is 0 Å². The Balaban J connectivity index is 2.65. The monoisotopic (exact) mass is 196 g/mol. The van der Waals surface area contributed by atoms with Crippen molar-refractivity contribution < 1.29 is 9.90 Å². The topological polar surface area (TPSA) is 37.3 Å². The van der Waals surface area contributed by atoms with Crippen molar-refractivity contribution in [3.63, 3.8) is 0 Å². The molecule has 1 fully saturated rings. The third-order valence-corrected chi connectivity index (χ3v) is 3.20. The number of Topliss-reactive ketones (excluding diaryl/α,β-unsaturated/α-hetero) is 1. The molecular formula is C12H20O2. The molecule has 0 radical (unpaired) electrons. The summed E-state index contributed by atoms with van der Waals surface area (Å²) in [5.74, 6) is -0.00435. The van der Waals surface area contributed by atoms with Crippen LogP contribution in [0.3, 0.4) is 0 Å². The zero-order valence-corrected chi connectivity index (χ0v) is 9.12. The molecule has 0 aromatic heterocycles. The lowest BCUT2D eigenvalue weighted by Gasteiger charge is -2.33. The summed E-state index contributed by atoms with van der Waals surface area (Å²) in [6, 6.07) is 0. The van der Waals surface area contributed by atoms with Crippen molar-refractivity contribution in [2.45, 2.75) is 52.1 Å². The molecule has 0 saturated heterocycles. The zero-order chi connectivity index (χ0) is 10.6. The fourth-order valence-corrected chi connectivity index (χ4v) is 2.21. The maximum atomic E-state index is 11.9. The number of hydrogen-bond acceptors (Lipinski definition) is 2. The van der Waals surface area contributed by atoms with E-state index in [1.807, 2.05) is 13.8 Å². The van der Waals surface area contributed by atoms with E-state index in [2.05, 4.69) is 0 Å². The van der Waals surface area contributed by atoms with Gasteiger partial charge in [-0.2, -0.15) is 0 Å². The number of rotatable bonds is 3. The SMILES string of the molecule is C/C=C/C(O)C(=O)C1(C)CCCCC1. The summed E-state index contributed by atoms with van der Waals surface area (Å²) in [4.78, 5) is 11.9. The second kappa shape index (κ2) is 4.74. The maximum absolute atomic E-state index is 11.9. The van der Waals surface area contributed by atoms with Gasteiger partial charge in [-0.15, -0.1) is 0 Å². The Morgan fingerprint density at radius 2 is 1.93 bits per heavy atom. The van der Waals surface area contributed by atoms with E-state index < -0.39 is 6.10 Å². The van der Waals surface area contributed by atoms with Gasteiger partial charge < -0.3 is 5.11 Å². The fourth-order valence-electron chi connectivity index (χ4n) is 2.21. The number of aliphatic hydroxyl groups is 1. The number of allylic oxidation sites excluding steroid dienone is 1. The van der Waals surface area contributed by atoms with Crippen LogP contribution in [0.4, 0.5) is 0 Å². The molecule has 1 rings (SSSR count). The van der Waals surface area contributed by atoms with Gasteiger partial charge in [-0.1, -0.05) is 38.3 Å². The molecule has 1 N–H and O–H groups in total. The molecule has 0 aromatic rings. The first kappa shape index (κ1) is 11.4. The number of ketones is 1. The Kier molecular flexibility index (Phi) is 3.87. The average molecular weight is 196 g/mol. The summed E-state index contributed by atoms with van der Waals surface area (Å²) >= 11 is 0. The van der Waals surface area contributed by atoms with Crippen LogP contribution in [-0.2, 0) is 4.79 Å². The van der Waals surface area contributed by atoms with Crippen molar-refractivity contribution in [1.29, 1.82) is 0 Å². The molecule has 0 heterocycles. The smallest absolute Gasteiger partial charge is 0.171 e. The Labute approximate surface area is 86.0 Å². The molecule has 0 spiro atoms. The Morgan fingerprint density at radius 3 is 2.43 bits per heavy atom. The van der Waals surface area contributed by atoms with Crippen molar-refractivity contribution in [3.05, 3.63) is 12.2 Å². The minimum Gasteiger partial charge on any atom is -0.381 e. The van der Waals surface area contributed by atoms with E-state index in [0.717, 1.165) is 25.7 Å². The van der Waals surface area contributed by atoms with Crippen molar-refractivity contribution in [2.24, 2.45) is 5.41 Å². The van der Waals surface area contributed by atoms with Gasteiger partial charge in [0.15, 0.2) is 5.78 Å². The second-order valence-electron chi connectivity index (χ2n) is 4.46. The molecule has 1 aliphatic rings. The van der Waals surface area contributed by atoms with Gasteiger partial charge in [-0.3, -0.25) is 4.79 Å². The summed E-state index contributed by atoms with van der Waals surface area (Å²) in [6.45, 7) is 3.81. The lowest BCUT2D eigenvalue weighted by Crippen LogP contribution is -2.37. The third-order valence-electron chi connectivity index (χ3n) is 3.20. The lowest BCUT2D eigenvalue weighted by atomic mass is 9.71. The number of carbonyl (C=O) groups excluding carboxylic acids is 1.